The molecule has 170 valence electrons. The summed E-state index contributed by atoms with van der Waals surface area (Å²) >= 11 is 0. The molecular weight excluding hydrogens is 412 g/mol. The number of amides is 2. The summed E-state index contributed by atoms with van der Waals surface area (Å²) < 4.78 is 5.50. The zero-order valence-electron chi connectivity index (χ0n) is 17.9. The molecule has 0 aromatic heterocycles. The lowest BCUT2D eigenvalue weighted by Gasteiger charge is -2.20. The van der Waals surface area contributed by atoms with E-state index in [2.05, 4.69) is 22.8 Å². The maximum absolute atomic E-state index is 12.4. The predicted octanol–water partition coefficient (Wildman–Crippen LogP) is 2.65. The third-order valence-corrected chi connectivity index (χ3v) is 5.64. The number of fused-ring (bicyclic) bond motifs is 3. The average molecular weight is 440 g/mol. The third kappa shape index (κ3) is 5.45. The SMILES string of the molecule is CC[C@H](CC(=O)NC(CCO)C(=O)O)NC(=O)OCC1c2ccccc2-c2ccccc21. The molecule has 1 aliphatic carbocycles. The fourth-order valence-electron chi connectivity index (χ4n) is 3.97. The minimum atomic E-state index is -1.22. The van der Waals surface area contributed by atoms with Crippen LogP contribution in [0.5, 0.6) is 0 Å². The van der Waals surface area contributed by atoms with Gasteiger partial charge >= 0.3 is 12.1 Å². The number of nitrogens with one attached hydrogen (secondary N) is 2. The molecule has 0 radical (unpaired) electrons. The van der Waals surface area contributed by atoms with Gasteiger partial charge in [-0.1, -0.05) is 55.5 Å². The Morgan fingerprint density at radius 1 is 1.00 bits per heavy atom. The summed E-state index contributed by atoms with van der Waals surface area (Å²) in [6.07, 6.45) is -0.334. The smallest absolute Gasteiger partial charge is 0.407 e. The summed E-state index contributed by atoms with van der Waals surface area (Å²) in [6.45, 7) is 1.62. The number of carboxylic acid groups (broad SMARTS) is 1. The normalized spacial score (nSPS) is 14.1. The Bertz CT molecular complexity index is 931. The fraction of sp³-hybridized carbons (Fsp3) is 0.375. The van der Waals surface area contributed by atoms with Gasteiger partial charge in [-0.25, -0.2) is 9.59 Å². The number of hydrogen-bond acceptors (Lipinski definition) is 5. The van der Waals surface area contributed by atoms with E-state index < -0.39 is 30.1 Å². The number of rotatable bonds is 10. The number of carbonyl (C=O) groups is 3. The summed E-state index contributed by atoms with van der Waals surface area (Å²) in [5.74, 6) is -1.80. The number of carboxylic acids is 1. The van der Waals surface area contributed by atoms with Crippen LogP contribution >= 0.6 is 0 Å². The summed E-state index contributed by atoms with van der Waals surface area (Å²) in [7, 11) is 0. The highest BCUT2D eigenvalue weighted by molar-refractivity contribution is 5.84. The molecule has 32 heavy (non-hydrogen) atoms. The van der Waals surface area contributed by atoms with Gasteiger partial charge in [0.1, 0.15) is 12.6 Å². The highest BCUT2D eigenvalue weighted by atomic mass is 16.5. The van der Waals surface area contributed by atoms with E-state index >= 15 is 0 Å². The second kappa shape index (κ2) is 10.8. The first-order valence-corrected chi connectivity index (χ1v) is 10.7. The Balaban J connectivity index is 1.56. The van der Waals surface area contributed by atoms with Crippen LogP contribution in [0, 0.1) is 0 Å². The first-order valence-electron chi connectivity index (χ1n) is 10.7. The number of carbonyl (C=O) groups excluding carboxylic acids is 2. The number of benzene rings is 2. The van der Waals surface area contributed by atoms with Crippen LogP contribution in [0.15, 0.2) is 48.5 Å². The molecule has 1 unspecified atom stereocenters. The van der Waals surface area contributed by atoms with Crippen molar-refractivity contribution in [2.75, 3.05) is 13.2 Å². The highest BCUT2D eigenvalue weighted by Gasteiger charge is 2.29. The van der Waals surface area contributed by atoms with Crippen molar-refractivity contribution in [2.24, 2.45) is 0 Å². The van der Waals surface area contributed by atoms with Crippen molar-refractivity contribution in [3.8, 4) is 11.1 Å². The zero-order chi connectivity index (χ0) is 23.1. The summed E-state index contributed by atoms with van der Waals surface area (Å²) in [5.41, 5.74) is 4.49. The lowest BCUT2D eigenvalue weighted by Crippen LogP contribution is -2.45. The first-order chi connectivity index (χ1) is 15.4. The molecule has 0 fully saturated rings. The molecule has 1 aliphatic rings. The maximum atomic E-state index is 12.4. The Labute approximate surface area is 186 Å². The van der Waals surface area contributed by atoms with E-state index in [1.807, 2.05) is 43.3 Å². The molecule has 0 bridgehead atoms. The van der Waals surface area contributed by atoms with E-state index in [-0.39, 0.29) is 32.0 Å². The summed E-state index contributed by atoms with van der Waals surface area (Å²) in [6, 6.07) is 14.4. The molecule has 2 aromatic carbocycles. The van der Waals surface area contributed by atoms with Crippen LogP contribution in [0.25, 0.3) is 11.1 Å². The number of ether oxygens (including phenoxy) is 1. The largest absolute Gasteiger partial charge is 0.480 e. The van der Waals surface area contributed by atoms with Gasteiger partial charge in [-0.3, -0.25) is 4.79 Å². The van der Waals surface area contributed by atoms with Crippen LogP contribution in [-0.2, 0) is 14.3 Å². The van der Waals surface area contributed by atoms with E-state index in [9.17, 15) is 14.4 Å². The van der Waals surface area contributed by atoms with Gasteiger partial charge in [-0.05, 0) is 28.7 Å². The Morgan fingerprint density at radius 3 is 2.12 bits per heavy atom. The van der Waals surface area contributed by atoms with Gasteiger partial charge in [0.15, 0.2) is 0 Å². The minimum Gasteiger partial charge on any atom is -0.480 e. The van der Waals surface area contributed by atoms with Crippen molar-refractivity contribution in [3.05, 3.63) is 59.7 Å². The van der Waals surface area contributed by atoms with Gasteiger partial charge in [0, 0.05) is 31.4 Å². The molecule has 8 heteroatoms. The summed E-state index contributed by atoms with van der Waals surface area (Å²) in [5, 5.41) is 23.1. The van der Waals surface area contributed by atoms with Crippen molar-refractivity contribution in [1.29, 1.82) is 0 Å². The number of aliphatic hydroxyl groups is 1. The van der Waals surface area contributed by atoms with E-state index in [1.165, 1.54) is 0 Å². The molecule has 0 spiro atoms. The van der Waals surface area contributed by atoms with Gasteiger partial charge in [-0.15, -0.1) is 0 Å². The van der Waals surface area contributed by atoms with Gasteiger partial charge in [0.2, 0.25) is 5.91 Å². The minimum absolute atomic E-state index is 0.0636. The Kier molecular flexibility index (Phi) is 7.83. The van der Waals surface area contributed by atoms with Crippen LogP contribution in [0.4, 0.5) is 4.79 Å². The second-order valence-corrected chi connectivity index (χ2v) is 7.75. The molecule has 4 N–H and O–H groups in total. The van der Waals surface area contributed by atoms with Crippen molar-refractivity contribution in [1.82, 2.24) is 10.6 Å². The molecule has 3 rings (SSSR count). The lowest BCUT2D eigenvalue weighted by atomic mass is 9.98. The molecule has 0 saturated heterocycles. The lowest BCUT2D eigenvalue weighted by molar-refractivity contribution is -0.142. The van der Waals surface area contributed by atoms with Crippen LogP contribution < -0.4 is 10.6 Å². The molecule has 0 saturated carbocycles. The number of aliphatic carboxylic acids is 1. The van der Waals surface area contributed by atoms with Gasteiger partial charge in [-0.2, -0.15) is 0 Å². The molecule has 2 aromatic rings. The van der Waals surface area contributed by atoms with Gasteiger partial charge in [0.05, 0.1) is 0 Å². The number of alkyl carbamates (subject to hydrolysis) is 1. The molecule has 2 atom stereocenters. The fourth-order valence-corrected chi connectivity index (χ4v) is 3.97. The van der Waals surface area contributed by atoms with Crippen LogP contribution in [-0.4, -0.2) is 53.5 Å². The zero-order valence-corrected chi connectivity index (χ0v) is 17.9. The average Bonchev–Trinajstić information content (AvgIpc) is 3.10. The second-order valence-electron chi connectivity index (χ2n) is 7.75. The first kappa shape index (κ1) is 23.3. The number of aliphatic hydroxyl groups excluding tert-OH is 1. The van der Waals surface area contributed by atoms with Gasteiger partial charge in [0.25, 0.3) is 0 Å². The predicted molar refractivity (Wildman–Crippen MR) is 118 cm³/mol. The monoisotopic (exact) mass is 440 g/mol. The van der Waals surface area contributed by atoms with Crippen molar-refractivity contribution in [3.63, 3.8) is 0 Å². The Hall–Kier alpha value is -3.39. The molecule has 2 amide bonds. The molecule has 0 aliphatic heterocycles. The molecule has 8 nitrogen and oxygen atoms in total. The topological polar surface area (TPSA) is 125 Å². The van der Waals surface area contributed by atoms with Crippen LogP contribution in [0.2, 0.25) is 0 Å². The van der Waals surface area contributed by atoms with Crippen LogP contribution in [0.3, 0.4) is 0 Å². The van der Waals surface area contributed by atoms with E-state index in [0.29, 0.717) is 6.42 Å². The van der Waals surface area contributed by atoms with Crippen molar-refractivity contribution >= 4 is 18.0 Å². The third-order valence-electron chi connectivity index (χ3n) is 5.64. The standard InChI is InChI=1S/C24H28N2O6/c1-2-15(13-22(28)26-21(11-12-27)23(29)30)25-24(31)32-14-20-18-9-5-3-7-16(18)17-8-4-6-10-19(17)20/h3-10,15,20-21,27H,2,11-14H2,1H3,(H,25,31)(H,26,28)(H,29,30)/t15-,21?/m1/s1. The van der Waals surface area contributed by atoms with E-state index in [4.69, 9.17) is 14.9 Å². The molecular formula is C24H28N2O6. The Morgan fingerprint density at radius 2 is 1.59 bits per heavy atom. The van der Waals surface area contributed by atoms with Crippen molar-refractivity contribution < 1.29 is 29.3 Å². The van der Waals surface area contributed by atoms with Crippen molar-refractivity contribution in [2.45, 2.75) is 44.2 Å². The number of hydrogen-bond donors (Lipinski definition) is 4. The maximum Gasteiger partial charge on any atom is 0.407 e. The van der Waals surface area contributed by atoms with Gasteiger partial charge < -0.3 is 25.6 Å². The highest BCUT2D eigenvalue weighted by Crippen LogP contribution is 2.44. The van der Waals surface area contributed by atoms with E-state index in [1.54, 1.807) is 0 Å². The van der Waals surface area contributed by atoms with Crippen LogP contribution in [0.1, 0.15) is 43.2 Å². The quantitative estimate of drug-likeness (QED) is 0.450. The molecule has 0 heterocycles. The van der Waals surface area contributed by atoms with E-state index in [0.717, 1.165) is 22.3 Å². The summed E-state index contributed by atoms with van der Waals surface area (Å²) in [4.78, 5) is 35.7.